The Bertz CT molecular complexity index is 293. The zero-order valence-electron chi connectivity index (χ0n) is 6.06. The molecule has 1 rings (SSSR count). The van der Waals surface area contributed by atoms with E-state index in [1.54, 1.807) is 17.1 Å². The molecule has 0 aliphatic rings. The topological polar surface area (TPSA) is 55.1 Å². The molecule has 1 N–H and O–H groups in total. The molecule has 4 nitrogen and oxygen atoms in total. The number of carbonyl (C=O) groups is 1. The minimum atomic E-state index is -0.962. The molecule has 12 heavy (non-hydrogen) atoms. The van der Waals surface area contributed by atoms with Crippen molar-refractivity contribution < 1.29 is 9.90 Å². The Morgan fingerprint density at radius 1 is 1.75 bits per heavy atom. The van der Waals surface area contributed by atoms with Gasteiger partial charge in [0.05, 0.1) is 12.0 Å². The minimum absolute atomic E-state index is 0. The molecule has 0 unspecified atom stereocenters. The Hall–Kier alpha value is -0.580. The third-order valence-corrected chi connectivity index (χ3v) is 1.12. The molecule has 0 aromatic carbocycles. The van der Waals surface area contributed by atoms with Crippen molar-refractivity contribution in [1.29, 1.82) is 0 Å². The average molecular weight is 176 g/mol. The number of carboxylic acid groups (broad SMARTS) is 1. The first-order valence-electron chi connectivity index (χ1n) is 3.07. The molecule has 60 valence electrons. The van der Waals surface area contributed by atoms with Gasteiger partial charge in [-0.3, -0.25) is 0 Å². The van der Waals surface area contributed by atoms with E-state index in [0.29, 0.717) is 5.69 Å². The average Bonchev–Trinajstić information content (AvgIpc) is 2.31. The number of rotatable bonds is 2. The molecule has 0 aliphatic carbocycles. The van der Waals surface area contributed by atoms with Crippen LogP contribution in [0.3, 0.4) is 0 Å². The Kier molecular flexibility index (Phi) is 4.89. The molecular formula is C7H9N2NaO2. The number of carboxylic acids is 1. The van der Waals surface area contributed by atoms with Crippen LogP contribution in [0.4, 0.5) is 0 Å². The van der Waals surface area contributed by atoms with Gasteiger partial charge in [-0.25, -0.2) is 9.78 Å². The second-order valence-corrected chi connectivity index (χ2v) is 2.14. The molecule has 1 aromatic heterocycles. The number of imidazole rings is 1. The van der Waals surface area contributed by atoms with Crippen molar-refractivity contribution in [2.45, 2.75) is 0 Å². The fraction of sp³-hybridized carbons (Fsp3) is 0.143. The SMILES string of the molecule is Cn1cnc(/C=C/C(=O)O)c1.[NaH]. The molecule has 0 saturated heterocycles. The van der Waals surface area contributed by atoms with E-state index >= 15 is 0 Å². The van der Waals surface area contributed by atoms with E-state index in [1.165, 1.54) is 6.08 Å². The Balaban J connectivity index is 0.00000121. The number of hydrogen-bond acceptors (Lipinski definition) is 2. The zero-order valence-corrected chi connectivity index (χ0v) is 6.06. The first kappa shape index (κ1) is 11.4. The van der Waals surface area contributed by atoms with Crippen molar-refractivity contribution in [2.24, 2.45) is 7.05 Å². The molecule has 0 bridgehead atoms. The van der Waals surface area contributed by atoms with Crippen molar-refractivity contribution in [3.63, 3.8) is 0 Å². The molecule has 0 saturated carbocycles. The Labute approximate surface area is 92.2 Å². The van der Waals surface area contributed by atoms with Gasteiger partial charge in [-0.2, -0.15) is 0 Å². The van der Waals surface area contributed by atoms with Crippen molar-refractivity contribution in [2.75, 3.05) is 0 Å². The van der Waals surface area contributed by atoms with Crippen LogP contribution < -0.4 is 0 Å². The van der Waals surface area contributed by atoms with Gasteiger partial charge in [-0.05, 0) is 6.08 Å². The van der Waals surface area contributed by atoms with Gasteiger partial charge in [0, 0.05) is 19.3 Å². The normalized spacial score (nSPS) is 9.75. The van der Waals surface area contributed by atoms with Crippen LogP contribution in [0, 0.1) is 0 Å². The maximum atomic E-state index is 10.1. The van der Waals surface area contributed by atoms with Gasteiger partial charge in [-0.1, -0.05) is 0 Å². The molecule has 5 heteroatoms. The summed E-state index contributed by atoms with van der Waals surface area (Å²) in [6.07, 6.45) is 5.85. The standard InChI is InChI=1S/C7H8N2O2.Na.H/c1-9-4-6(8-5-9)2-3-7(10)11;;/h2-5H,1H3,(H,10,11);;/b3-2+;;. The van der Waals surface area contributed by atoms with Gasteiger partial charge in [0.2, 0.25) is 0 Å². The summed E-state index contributed by atoms with van der Waals surface area (Å²) in [5.41, 5.74) is 0.648. The summed E-state index contributed by atoms with van der Waals surface area (Å²) >= 11 is 0. The van der Waals surface area contributed by atoms with E-state index in [-0.39, 0.29) is 29.6 Å². The molecule has 0 fully saturated rings. The van der Waals surface area contributed by atoms with Crippen molar-refractivity contribution in [3.05, 3.63) is 24.3 Å². The van der Waals surface area contributed by atoms with Crippen LogP contribution in [0.2, 0.25) is 0 Å². The van der Waals surface area contributed by atoms with Crippen LogP contribution in [0.25, 0.3) is 6.08 Å². The number of aliphatic carboxylic acids is 1. The molecule has 0 aliphatic heterocycles. The number of hydrogen-bond donors (Lipinski definition) is 1. The van der Waals surface area contributed by atoms with Crippen LogP contribution in [-0.4, -0.2) is 50.2 Å². The molecule has 0 spiro atoms. The fourth-order valence-corrected chi connectivity index (χ4v) is 0.676. The second-order valence-electron chi connectivity index (χ2n) is 2.14. The molecular weight excluding hydrogens is 167 g/mol. The monoisotopic (exact) mass is 176 g/mol. The second kappa shape index (κ2) is 5.13. The van der Waals surface area contributed by atoms with E-state index in [1.807, 2.05) is 7.05 Å². The number of aryl methyl sites for hydroxylation is 1. The zero-order chi connectivity index (χ0) is 8.27. The molecule has 1 aromatic rings. The van der Waals surface area contributed by atoms with E-state index in [4.69, 9.17) is 5.11 Å². The van der Waals surface area contributed by atoms with Crippen LogP contribution in [0.5, 0.6) is 0 Å². The van der Waals surface area contributed by atoms with Gasteiger partial charge >= 0.3 is 35.5 Å². The van der Waals surface area contributed by atoms with Crippen LogP contribution >= 0.6 is 0 Å². The van der Waals surface area contributed by atoms with Gasteiger partial charge in [0.1, 0.15) is 0 Å². The summed E-state index contributed by atoms with van der Waals surface area (Å²) in [5.74, 6) is -0.962. The summed E-state index contributed by atoms with van der Waals surface area (Å²) in [6.45, 7) is 0. The Morgan fingerprint density at radius 3 is 2.83 bits per heavy atom. The summed E-state index contributed by atoms with van der Waals surface area (Å²) in [7, 11) is 1.82. The molecule has 0 atom stereocenters. The quantitative estimate of drug-likeness (QED) is 0.504. The van der Waals surface area contributed by atoms with Crippen molar-refractivity contribution in [1.82, 2.24) is 9.55 Å². The summed E-state index contributed by atoms with van der Waals surface area (Å²) < 4.78 is 1.75. The van der Waals surface area contributed by atoms with Gasteiger partial charge < -0.3 is 9.67 Å². The molecule has 1 heterocycles. The van der Waals surface area contributed by atoms with E-state index in [0.717, 1.165) is 6.08 Å². The van der Waals surface area contributed by atoms with Crippen LogP contribution in [0.1, 0.15) is 5.69 Å². The molecule has 0 amide bonds. The van der Waals surface area contributed by atoms with Crippen LogP contribution in [-0.2, 0) is 11.8 Å². The van der Waals surface area contributed by atoms with E-state index in [9.17, 15) is 4.79 Å². The van der Waals surface area contributed by atoms with Gasteiger partial charge in [0.15, 0.2) is 0 Å². The summed E-state index contributed by atoms with van der Waals surface area (Å²) in [5, 5.41) is 8.26. The number of nitrogens with zero attached hydrogens (tertiary/aromatic N) is 2. The predicted octanol–water partition coefficient (Wildman–Crippen LogP) is -0.131. The fourth-order valence-electron chi connectivity index (χ4n) is 0.676. The van der Waals surface area contributed by atoms with Gasteiger partial charge in [0.25, 0.3) is 0 Å². The van der Waals surface area contributed by atoms with Crippen molar-refractivity contribution >= 4 is 41.6 Å². The molecule has 0 radical (unpaired) electrons. The Morgan fingerprint density at radius 2 is 2.42 bits per heavy atom. The number of aromatic nitrogens is 2. The maximum absolute atomic E-state index is 10.1. The predicted molar refractivity (Wildman–Crippen MR) is 47.0 cm³/mol. The van der Waals surface area contributed by atoms with Crippen molar-refractivity contribution in [3.8, 4) is 0 Å². The van der Waals surface area contributed by atoms with E-state index in [2.05, 4.69) is 4.98 Å². The third kappa shape index (κ3) is 3.71. The van der Waals surface area contributed by atoms with E-state index < -0.39 is 5.97 Å². The first-order valence-corrected chi connectivity index (χ1v) is 3.07. The summed E-state index contributed by atoms with van der Waals surface area (Å²) in [4.78, 5) is 14.0. The summed E-state index contributed by atoms with van der Waals surface area (Å²) in [6, 6.07) is 0. The van der Waals surface area contributed by atoms with Crippen LogP contribution in [0.15, 0.2) is 18.6 Å². The van der Waals surface area contributed by atoms with Gasteiger partial charge in [-0.15, -0.1) is 0 Å². The first-order chi connectivity index (χ1) is 5.18. The third-order valence-electron chi connectivity index (χ3n) is 1.12.